The molecule has 2 aromatic carbocycles. The number of benzene rings is 2. The molecular formula is C31H29Cl2N7O6S. The van der Waals surface area contributed by atoms with Gasteiger partial charge < -0.3 is 10.0 Å². The summed E-state index contributed by atoms with van der Waals surface area (Å²) < 4.78 is 31.3. The Morgan fingerprint density at radius 2 is 1.70 bits per heavy atom. The Labute approximate surface area is 280 Å². The molecule has 4 heterocycles. The van der Waals surface area contributed by atoms with Gasteiger partial charge in [0.2, 0.25) is 11.9 Å². The minimum absolute atomic E-state index is 0.0309. The first-order valence-corrected chi connectivity index (χ1v) is 16.7. The van der Waals surface area contributed by atoms with Crippen molar-refractivity contribution in [3.8, 4) is 11.1 Å². The molecule has 1 fully saturated rings. The summed E-state index contributed by atoms with van der Waals surface area (Å²) in [6, 6.07) is 10.9. The van der Waals surface area contributed by atoms with Gasteiger partial charge in [-0.2, -0.15) is 4.31 Å². The fourth-order valence-electron chi connectivity index (χ4n) is 6.20. The molecule has 1 N–H and O–H groups in total. The summed E-state index contributed by atoms with van der Waals surface area (Å²) in [5.41, 5.74) is 1.20. The van der Waals surface area contributed by atoms with E-state index in [0.29, 0.717) is 12.1 Å². The Morgan fingerprint density at radius 3 is 2.34 bits per heavy atom. The average Bonchev–Trinajstić information content (AvgIpc) is 3.74. The van der Waals surface area contributed by atoms with Crippen molar-refractivity contribution in [2.45, 2.75) is 42.8 Å². The summed E-state index contributed by atoms with van der Waals surface area (Å²) in [6.45, 7) is 1.09. The number of hydrogen-bond acceptors (Lipinski definition) is 8. The quantitative estimate of drug-likeness (QED) is 0.273. The number of halogens is 2. The topological polar surface area (TPSA) is 159 Å². The number of carboxylic acid groups (broad SMARTS) is 1. The van der Waals surface area contributed by atoms with E-state index in [-0.39, 0.29) is 40.4 Å². The van der Waals surface area contributed by atoms with E-state index < -0.39 is 45.9 Å². The van der Waals surface area contributed by atoms with Gasteiger partial charge in [0, 0.05) is 48.0 Å². The molecule has 13 nitrogen and oxygen atoms in total. The van der Waals surface area contributed by atoms with E-state index in [2.05, 4.69) is 15.0 Å². The van der Waals surface area contributed by atoms with Crippen molar-refractivity contribution < 1.29 is 27.9 Å². The number of fused-ring (bicyclic) bond motifs is 1. The highest BCUT2D eigenvalue weighted by Gasteiger charge is 2.53. The third-order valence-corrected chi connectivity index (χ3v) is 10.7. The van der Waals surface area contributed by atoms with E-state index >= 15 is 0 Å². The number of carboxylic acids is 1. The molecule has 2 aromatic heterocycles. The molecule has 244 valence electrons. The van der Waals surface area contributed by atoms with Crippen LogP contribution in [0, 0.1) is 0 Å². The summed E-state index contributed by atoms with van der Waals surface area (Å²) in [4.78, 5) is 53.8. The minimum atomic E-state index is -4.43. The standard InChI is InChI=1S/C31H29Cl2N7O6S/c1-31(13-19-5-7-20(8-6-19)21-14-34-18-35-15-21)29(44)39(24-11-22(32)10-23(33)12-24)30-36-16-26(40(30)31)47(45,46)38-9-3-4-25(38)28(43)37(2)17-27(41)42/h5-8,10-12,14-16,18,25H,3-4,9,13,17H2,1-2H3,(H,41,42)/t25-,31+/m0/s1. The van der Waals surface area contributed by atoms with Gasteiger partial charge in [-0.15, -0.1) is 0 Å². The molecule has 2 aliphatic heterocycles. The van der Waals surface area contributed by atoms with E-state index in [9.17, 15) is 27.9 Å². The molecule has 0 radical (unpaired) electrons. The van der Waals surface area contributed by atoms with E-state index in [1.165, 1.54) is 47.2 Å². The van der Waals surface area contributed by atoms with Crippen LogP contribution in [0.5, 0.6) is 0 Å². The van der Waals surface area contributed by atoms with Crippen LogP contribution < -0.4 is 4.90 Å². The van der Waals surface area contributed by atoms with Gasteiger partial charge in [-0.1, -0.05) is 47.5 Å². The number of imidazole rings is 1. The Hall–Kier alpha value is -4.37. The fourth-order valence-corrected chi connectivity index (χ4v) is 8.56. The van der Waals surface area contributed by atoms with Gasteiger partial charge in [-0.25, -0.2) is 28.3 Å². The highest BCUT2D eigenvalue weighted by molar-refractivity contribution is 7.89. The van der Waals surface area contributed by atoms with Crippen LogP contribution in [0.3, 0.4) is 0 Å². The van der Waals surface area contributed by atoms with Crippen molar-refractivity contribution in [2.75, 3.05) is 25.0 Å². The van der Waals surface area contributed by atoms with Crippen molar-refractivity contribution in [2.24, 2.45) is 0 Å². The predicted octanol–water partition coefficient (Wildman–Crippen LogP) is 3.98. The van der Waals surface area contributed by atoms with E-state index in [4.69, 9.17) is 23.2 Å². The van der Waals surface area contributed by atoms with E-state index in [0.717, 1.165) is 25.9 Å². The van der Waals surface area contributed by atoms with Crippen LogP contribution in [0.4, 0.5) is 11.6 Å². The zero-order chi connectivity index (χ0) is 33.7. The van der Waals surface area contributed by atoms with Crippen LogP contribution in [-0.4, -0.2) is 86.2 Å². The fraction of sp³-hybridized carbons (Fsp3) is 0.290. The summed E-state index contributed by atoms with van der Waals surface area (Å²) in [7, 11) is -3.12. The molecule has 4 aromatic rings. The number of sulfonamides is 1. The molecular weight excluding hydrogens is 669 g/mol. The Kier molecular flexibility index (Phi) is 8.55. The largest absolute Gasteiger partial charge is 0.480 e. The number of aromatic nitrogens is 4. The summed E-state index contributed by atoms with van der Waals surface area (Å²) in [6.07, 6.45) is 6.66. The van der Waals surface area contributed by atoms with Gasteiger partial charge in [-0.05, 0) is 49.1 Å². The first kappa shape index (κ1) is 32.6. The lowest BCUT2D eigenvalue weighted by molar-refractivity contribution is -0.144. The Balaban J connectivity index is 1.44. The second kappa shape index (κ2) is 12.3. The Morgan fingerprint density at radius 1 is 1.04 bits per heavy atom. The molecule has 1 saturated heterocycles. The third kappa shape index (κ3) is 5.86. The molecule has 6 rings (SSSR count). The predicted molar refractivity (Wildman–Crippen MR) is 173 cm³/mol. The SMILES string of the molecule is CN(CC(=O)O)C(=O)[C@@H]1CCCN1S(=O)(=O)c1cnc2n1[C@](C)(Cc1ccc(-c3cncnc3)cc1)C(=O)N2c1cc(Cl)cc(Cl)c1. The molecule has 0 saturated carbocycles. The number of carbonyl (C=O) groups excluding carboxylic acids is 2. The van der Waals surface area contributed by atoms with E-state index in [1.54, 1.807) is 19.3 Å². The number of likely N-dealkylation sites (N-methyl/N-ethyl adjacent to an activating group) is 1. The lowest BCUT2D eigenvalue weighted by atomic mass is 9.91. The number of nitrogens with zero attached hydrogens (tertiary/aromatic N) is 7. The average molecular weight is 699 g/mol. The van der Waals surface area contributed by atoms with Crippen LogP contribution >= 0.6 is 23.2 Å². The van der Waals surface area contributed by atoms with Crippen molar-refractivity contribution >= 4 is 62.6 Å². The van der Waals surface area contributed by atoms with Gasteiger partial charge in [0.1, 0.15) is 24.5 Å². The van der Waals surface area contributed by atoms with Crippen LogP contribution in [-0.2, 0) is 36.4 Å². The second-order valence-electron chi connectivity index (χ2n) is 11.6. The molecule has 0 unspecified atom stereocenters. The first-order valence-electron chi connectivity index (χ1n) is 14.5. The van der Waals surface area contributed by atoms with Gasteiger partial charge in [0.15, 0.2) is 5.03 Å². The molecule has 0 aliphatic carbocycles. The maximum Gasteiger partial charge on any atom is 0.323 e. The first-order chi connectivity index (χ1) is 22.3. The maximum absolute atomic E-state index is 14.5. The molecule has 0 bridgehead atoms. The maximum atomic E-state index is 14.5. The number of rotatable bonds is 9. The lowest BCUT2D eigenvalue weighted by Crippen LogP contribution is -2.48. The Bertz CT molecular complexity index is 1970. The molecule has 47 heavy (non-hydrogen) atoms. The van der Waals surface area contributed by atoms with Crippen molar-refractivity contribution in [1.82, 2.24) is 28.7 Å². The number of anilines is 2. The third-order valence-electron chi connectivity index (χ3n) is 8.38. The van der Waals surface area contributed by atoms with Crippen LogP contribution in [0.2, 0.25) is 10.0 Å². The highest BCUT2D eigenvalue weighted by atomic mass is 35.5. The molecule has 16 heteroatoms. The summed E-state index contributed by atoms with van der Waals surface area (Å²) >= 11 is 12.6. The highest BCUT2D eigenvalue weighted by Crippen LogP contribution is 2.45. The number of carbonyl (C=O) groups is 3. The van der Waals surface area contributed by atoms with Crippen LogP contribution in [0.25, 0.3) is 11.1 Å². The minimum Gasteiger partial charge on any atom is -0.480 e. The zero-order valence-corrected chi connectivity index (χ0v) is 27.6. The molecule has 0 spiro atoms. The molecule has 2 amide bonds. The monoisotopic (exact) mass is 697 g/mol. The lowest BCUT2D eigenvalue weighted by Gasteiger charge is -2.30. The molecule has 2 atom stereocenters. The van der Waals surface area contributed by atoms with Crippen molar-refractivity contribution in [3.05, 3.63) is 83.0 Å². The van der Waals surface area contributed by atoms with Crippen molar-refractivity contribution in [3.63, 3.8) is 0 Å². The van der Waals surface area contributed by atoms with Gasteiger partial charge in [-0.3, -0.25) is 19.0 Å². The van der Waals surface area contributed by atoms with Gasteiger partial charge in [0.05, 0.1) is 11.9 Å². The van der Waals surface area contributed by atoms with Gasteiger partial charge in [0.25, 0.3) is 15.9 Å². The number of hydrogen-bond donors (Lipinski definition) is 1. The summed E-state index contributed by atoms with van der Waals surface area (Å²) in [5.74, 6) is -2.28. The normalized spacial score (nSPS) is 19.6. The van der Waals surface area contributed by atoms with Crippen LogP contribution in [0.1, 0.15) is 25.3 Å². The van der Waals surface area contributed by atoms with Gasteiger partial charge >= 0.3 is 5.97 Å². The molecule has 2 aliphatic rings. The van der Waals surface area contributed by atoms with Crippen LogP contribution in [0.15, 0.2) is 72.4 Å². The number of amides is 2. The zero-order valence-electron chi connectivity index (χ0n) is 25.2. The smallest absolute Gasteiger partial charge is 0.323 e. The second-order valence-corrected chi connectivity index (χ2v) is 14.3. The number of aliphatic carboxylic acids is 1. The van der Waals surface area contributed by atoms with Crippen molar-refractivity contribution in [1.29, 1.82) is 0 Å². The summed E-state index contributed by atoms with van der Waals surface area (Å²) in [5, 5.41) is 9.45. The van der Waals surface area contributed by atoms with E-state index in [1.807, 2.05) is 24.3 Å².